The molecule has 0 saturated heterocycles. The summed E-state index contributed by atoms with van der Waals surface area (Å²) in [7, 11) is 1.87. The van der Waals surface area contributed by atoms with Crippen LogP contribution in [0.2, 0.25) is 0 Å². The number of halogens is 3. The minimum atomic E-state index is -4.23. The van der Waals surface area contributed by atoms with Crippen LogP contribution in [0.3, 0.4) is 0 Å². The molecule has 1 nitrogen and oxygen atoms in total. The molecule has 0 spiro atoms. The summed E-state index contributed by atoms with van der Waals surface area (Å²) in [6.07, 6.45) is -3.20. The van der Waals surface area contributed by atoms with E-state index in [0.717, 1.165) is 17.5 Å². The number of nitrogens with one attached hydrogen (secondary N) is 1. The Morgan fingerprint density at radius 1 is 1.25 bits per heavy atom. The van der Waals surface area contributed by atoms with E-state index in [2.05, 4.69) is 5.32 Å². The van der Waals surface area contributed by atoms with E-state index in [-0.39, 0.29) is 6.04 Å². The van der Waals surface area contributed by atoms with Crippen molar-refractivity contribution in [1.29, 1.82) is 0 Å². The summed E-state index contributed by atoms with van der Waals surface area (Å²) >= 11 is 0. The van der Waals surface area contributed by atoms with Gasteiger partial charge in [-0.1, -0.05) is 6.07 Å². The van der Waals surface area contributed by atoms with Crippen LogP contribution >= 0.6 is 0 Å². The summed E-state index contributed by atoms with van der Waals surface area (Å²) in [6.45, 7) is 0. The number of hydrogen-bond donors (Lipinski definition) is 1. The van der Waals surface area contributed by atoms with Crippen LogP contribution < -0.4 is 5.32 Å². The summed E-state index contributed by atoms with van der Waals surface area (Å²) in [6, 6.07) is 4.40. The van der Waals surface area contributed by atoms with Gasteiger partial charge < -0.3 is 5.32 Å². The third-order valence-electron chi connectivity index (χ3n) is 3.73. The fourth-order valence-electron chi connectivity index (χ4n) is 2.90. The summed E-state index contributed by atoms with van der Waals surface area (Å²) in [4.78, 5) is 0. The van der Waals surface area contributed by atoms with Gasteiger partial charge in [-0.3, -0.25) is 0 Å². The van der Waals surface area contributed by atoms with E-state index >= 15 is 0 Å². The molecule has 1 aromatic rings. The average Bonchev–Trinajstić information content (AvgIpc) is 2.93. The van der Waals surface area contributed by atoms with E-state index in [1.54, 1.807) is 6.07 Å². The minimum Gasteiger partial charge on any atom is -0.313 e. The van der Waals surface area contributed by atoms with E-state index < -0.39 is 11.7 Å². The van der Waals surface area contributed by atoms with Crippen molar-refractivity contribution < 1.29 is 13.2 Å². The largest absolute Gasteiger partial charge is 0.416 e. The molecule has 0 aromatic heterocycles. The molecular weight excluding hydrogens is 215 g/mol. The second-order valence-electron chi connectivity index (χ2n) is 4.61. The van der Waals surface area contributed by atoms with Crippen LogP contribution in [-0.4, -0.2) is 7.05 Å². The van der Waals surface area contributed by atoms with Crippen LogP contribution in [0.5, 0.6) is 0 Å². The normalized spacial score (nSPS) is 31.1. The highest BCUT2D eigenvalue weighted by Crippen LogP contribution is 2.61. The smallest absolute Gasteiger partial charge is 0.313 e. The second-order valence-corrected chi connectivity index (χ2v) is 4.61. The number of fused-ring (bicyclic) bond motifs is 3. The van der Waals surface area contributed by atoms with E-state index in [4.69, 9.17) is 0 Å². The average molecular weight is 227 g/mol. The molecule has 2 aliphatic rings. The predicted molar refractivity (Wildman–Crippen MR) is 54.1 cm³/mol. The van der Waals surface area contributed by atoms with Crippen molar-refractivity contribution >= 4 is 0 Å². The van der Waals surface area contributed by atoms with Gasteiger partial charge in [-0.2, -0.15) is 13.2 Å². The first kappa shape index (κ1) is 10.1. The van der Waals surface area contributed by atoms with Gasteiger partial charge in [-0.15, -0.1) is 0 Å². The first-order chi connectivity index (χ1) is 7.52. The van der Waals surface area contributed by atoms with E-state index in [9.17, 15) is 13.2 Å². The lowest BCUT2D eigenvalue weighted by atomic mass is 10.00. The SMILES string of the molecule is CN[C@@H]1c2ccc(C(F)(F)F)cc2[C@H]2C[C@H]21. The maximum Gasteiger partial charge on any atom is 0.416 e. The molecule has 86 valence electrons. The van der Waals surface area contributed by atoms with Gasteiger partial charge in [0.2, 0.25) is 0 Å². The molecule has 16 heavy (non-hydrogen) atoms. The van der Waals surface area contributed by atoms with Crippen LogP contribution in [0.25, 0.3) is 0 Å². The minimum absolute atomic E-state index is 0.252. The maximum absolute atomic E-state index is 12.6. The van der Waals surface area contributed by atoms with Crippen molar-refractivity contribution in [2.45, 2.75) is 24.6 Å². The predicted octanol–water partition coefficient (Wildman–Crippen LogP) is 3.08. The summed E-state index contributed by atoms with van der Waals surface area (Å²) < 4.78 is 37.7. The molecule has 4 heteroatoms. The quantitative estimate of drug-likeness (QED) is 0.777. The van der Waals surface area contributed by atoms with E-state index in [1.807, 2.05) is 7.05 Å². The van der Waals surface area contributed by atoms with Crippen molar-refractivity contribution in [2.24, 2.45) is 5.92 Å². The Balaban J connectivity index is 2.05. The number of benzene rings is 1. The second kappa shape index (κ2) is 3.00. The fraction of sp³-hybridized carbons (Fsp3) is 0.500. The van der Waals surface area contributed by atoms with Gasteiger partial charge in [0.1, 0.15) is 0 Å². The zero-order valence-electron chi connectivity index (χ0n) is 8.81. The van der Waals surface area contributed by atoms with Crippen LogP contribution in [0.15, 0.2) is 18.2 Å². The zero-order chi connectivity index (χ0) is 11.5. The highest BCUT2D eigenvalue weighted by atomic mass is 19.4. The molecule has 0 heterocycles. The maximum atomic E-state index is 12.6. The Morgan fingerprint density at radius 2 is 2.00 bits per heavy atom. The first-order valence-corrected chi connectivity index (χ1v) is 5.40. The number of rotatable bonds is 1. The topological polar surface area (TPSA) is 12.0 Å². The van der Waals surface area contributed by atoms with Crippen LogP contribution in [0.1, 0.15) is 35.1 Å². The third kappa shape index (κ3) is 1.29. The van der Waals surface area contributed by atoms with Crippen molar-refractivity contribution in [3.8, 4) is 0 Å². The number of alkyl halides is 3. The molecule has 0 aliphatic heterocycles. The lowest BCUT2D eigenvalue weighted by Crippen LogP contribution is -2.16. The molecule has 1 N–H and O–H groups in total. The van der Waals surface area contributed by atoms with Gasteiger partial charge in [0.25, 0.3) is 0 Å². The van der Waals surface area contributed by atoms with E-state index in [0.29, 0.717) is 11.8 Å². The van der Waals surface area contributed by atoms with Gasteiger partial charge in [-0.05, 0) is 48.6 Å². The molecule has 0 amide bonds. The summed E-state index contributed by atoms with van der Waals surface area (Å²) in [5, 5.41) is 3.19. The number of hydrogen-bond acceptors (Lipinski definition) is 1. The molecule has 1 saturated carbocycles. The lowest BCUT2D eigenvalue weighted by molar-refractivity contribution is -0.137. The molecule has 0 radical (unpaired) electrons. The van der Waals surface area contributed by atoms with Crippen molar-refractivity contribution in [3.05, 3.63) is 34.9 Å². The lowest BCUT2D eigenvalue weighted by Gasteiger charge is -2.15. The van der Waals surface area contributed by atoms with Crippen LogP contribution in [0, 0.1) is 5.92 Å². The fourth-order valence-corrected chi connectivity index (χ4v) is 2.90. The van der Waals surface area contributed by atoms with Crippen LogP contribution in [-0.2, 0) is 6.18 Å². The van der Waals surface area contributed by atoms with Gasteiger partial charge in [0.15, 0.2) is 0 Å². The third-order valence-corrected chi connectivity index (χ3v) is 3.73. The Morgan fingerprint density at radius 3 is 2.62 bits per heavy atom. The monoisotopic (exact) mass is 227 g/mol. The Kier molecular flexibility index (Phi) is 1.90. The van der Waals surface area contributed by atoms with Crippen molar-refractivity contribution in [1.82, 2.24) is 5.32 Å². The van der Waals surface area contributed by atoms with Gasteiger partial charge in [-0.25, -0.2) is 0 Å². The highest BCUT2D eigenvalue weighted by Gasteiger charge is 2.51. The standard InChI is InChI=1S/C12H12F3N/c1-16-11-7-3-2-6(12(13,14)15)4-8(7)9-5-10(9)11/h2-4,9-11,16H,5H2,1H3/t9-,10-,11-/m1/s1. The molecule has 3 atom stereocenters. The van der Waals surface area contributed by atoms with Gasteiger partial charge in [0, 0.05) is 6.04 Å². The van der Waals surface area contributed by atoms with Gasteiger partial charge in [0.05, 0.1) is 5.56 Å². The molecule has 1 aromatic carbocycles. The highest BCUT2D eigenvalue weighted by molar-refractivity contribution is 5.47. The molecule has 2 aliphatic carbocycles. The molecule has 1 fully saturated rings. The molecule has 0 bridgehead atoms. The Bertz CT molecular complexity index is 438. The molecule has 3 rings (SSSR count). The zero-order valence-corrected chi connectivity index (χ0v) is 8.81. The molecular formula is C12H12F3N. The van der Waals surface area contributed by atoms with Crippen LogP contribution in [0.4, 0.5) is 13.2 Å². The molecule has 0 unspecified atom stereocenters. The van der Waals surface area contributed by atoms with E-state index in [1.165, 1.54) is 12.1 Å². The first-order valence-electron chi connectivity index (χ1n) is 5.40. The summed E-state index contributed by atoms with van der Waals surface area (Å²) in [5.74, 6) is 0.873. The van der Waals surface area contributed by atoms with Crippen molar-refractivity contribution in [3.63, 3.8) is 0 Å². The van der Waals surface area contributed by atoms with Gasteiger partial charge >= 0.3 is 6.18 Å². The van der Waals surface area contributed by atoms with Crippen molar-refractivity contribution in [2.75, 3.05) is 7.05 Å². The summed E-state index contributed by atoms with van der Waals surface area (Å²) in [5.41, 5.74) is 1.43. The Labute approximate surface area is 91.7 Å². The Hall–Kier alpha value is -1.03.